The summed E-state index contributed by atoms with van der Waals surface area (Å²) in [5, 5.41) is 0. The van der Waals surface area contributed by atoms with Gasteiger partial charge in [-0.05, 0) is 31.6 Å². The Hall–Kier alpha value is -1.64. The Morgan fingerprint density at radius 3 is 2.71 bits per heavy atom. The molecule has 1 rings (SSSR count). The third-order valence-corrected chi connectivity index (χ3v) is 1.87. The maximum atomic E-state index is 11.0. The van der Waals surface area contributed by atoms with Crippen LogP contribution in [0.25, 0.3) is 6.08 Å². The predicted octanol–water partition coefficient (Wildman–Crippen LogP) is 2.08. The fourth-order valence-electron chi connectivity index (χ4n) is 0.948. The van der Waals surface area contributed by atoms with Crippen LogP contribution in [0.1, 0.15) is 19.5 Å². The first-order chi connectivity index (χ1) is 6.63. The van der Waals surface area contributed by atoms with E-state index in [4.69, 9.17) is 4.74 Å². The molecule has 0 bridgehead atoms. The summed E-state index contributed by atoms with van der Waals surface area (Å²) in [6.45, 7) is 3.30. The molecular formula is C11H13NO2. The van der Waals surface area contributed by atoms with Gasteiger partial charge in [0.1, 0.15) is 0 Å². The van der Waals surface area contributed by atoms with Crippen LogP contribution in [0.3, 0.4) is 0 Å². The Kier molecular flexibility index (Phi) is 3.40. The number of methoxy groups -OCH3 is 1. The molecule has 0 saturated heterocycles. The van der Waals surface area contributed by atoms with Gasteiger partial charge in [-0.25, -0.2) is 4.98 Å². The van der Waals surface area contributed by atoms with E-state index in [-0.39, 0.29) is 5.78 Å². The summed E-state index contributed by atoms with van der Waals surface area (Å²) >= 11 is 0. The van der Waals surface area contributed by atoms with E-state index in [2.05, 4.69) is 4.98 Å². The zero-order valence-electron chi connectivity index (χ0n) is 8.57. The van der Waals surface area contributed by atoms with Gasteiger partial charge in [-0.1, -0.05) is 6.07 Å². The molecule has 0 atom stereocenters. The summed E-state index contributed by atoms with van der Waals surface area (Å²) in [5.41, 5.74) is 1.42. The minimum Gasteiger partial charge on any atom is -0.481 e. The fourth-order valence-corrected chi connectivity index (χ4v) is 0.948. The summed E-state index contributed by atoms with van der Waals surface area (Å²) in [6.07, 6.45) is 1.74. The Balaban J connectivity index is 2.97. The van der Waals surface area contributed by atoms with Gasteiger partial charge in [-0.15, -0.1) is 0 Å². The maximum Gasteiger partial charge on any atom is 0.213 e. The van der Waals surface area contributed by atoms with Gasteiger partial charge >= 0.3 is 0 Å². The monoisotopic (exact) mass is 191 g/mol. The number of carbonyl (C=O) groups is 1. The van der Waals surface area contributed by atoms with Crippen molar-refractivity contribution in [3.05, 3.63) is 29.5 Å². The lowest BCUT2D eigenvalue weighted by molar-refractivity contribution is -0.113. The first-order valence-electron chi connectivity index (χ1n) is 4.34. The number of pyridine rings is 1. The lowest BCUT2D eigenvalue weighted by Gasteiger charge is -1.99. The third kappa shape index (κ3) is 2.69. The van der Waals surface area contributed by atoms with Crippen molar-refractivity contribution in [3.8, 4) is 5.88 Å². The van der Waals surface area contributed by atoms with E-state index in [0.717, 1.165) is 5.69 Å². The van der Waals surface area contributed by atoms with Crippen LogP contribution < -0.4 is 4.74 Å². The minimum absolute atomic E-state index is 0.0506. The Morgan fingerprint density at radius 2 is 2.14 bits per heavy atom. The molecule has 0 amide bonds. The van der Waals surface area contributed by atoms with Crippen molar-refractivity contribution in [2.24, 2.45) is 0 Å². The van der Waals surface area contributed by atoms with Crippen molar-refractivity contribution in [1.82, 2.24) is 4.98 Å². The molecule has 3 heteroatoms. The zero-order valence-corrected chi connectivity index (χ0v) is 8.57. The number of rotatable bonds is 3. The molecule has 0 radical (unpaired) electrons. The van der Waals surface area contributed by atoms with E-state index < -0.39 is 0 Å². The number of hydrogen-bond donors (Lipinski definition) is 0. The molecule has 0 N–H and O–H groups in total. The summed E-state index contributed by atoms with van der Waals surface area (Å²) in [5.74, 6) is 0.602. The zero-order chi connectivity index (χ0) is 10.6. The molecule has 0 aliphatic carbocycles. The summed E-state index contributed by atoms with van der Waals surface area (Å²) in [7, 11) is 1.56. The van der Waals surface area contributed by atoms with E-state index in [1.165, 1.54) is 6.92 Å². The molecule has 1 aromatic rings. The summed E-state index contributed by atoms with van der Waals surface area (Å²) in [4.78, 5) is 15.1. The van der Waals surface area contributed by atoms with Crippen LogP contribution in [0.2, 0.25) is 0 Å². The smallest absolute Gasteiger partial charge is 0.213 e. The molecule has 3 nitrogen and oxygen atoms in total. The van der Waals surface area contributed by atoms with Gasteiger partial charge in [0.05, 0.1) is 12.8 Å². The molecule has 1 aromatic heterocycles. The highest BCUT2D eigenvalue weighted by atomic mass is 16.5. The average Bonchev–Trinajstić information content (AvgIpc) is 2.18. The lowest BCUT2D eigenvalue weighted by Crippen LogP contribution is -1.93. The number of Topliss-reactive ketones (excluding diaryl/α,β-unsaturated/α-hetero) is 1. The van der Waals surface area contributed by atoms with Gasteiger partial charge in [0, 0.05) is 6.07 Å². The van der Waals surface area contributed by atoms with E-state index in [9.17, 15) is 4.79 Å². The normalized spacial score (nSPS) is 11.2. The Bertz CT molecular complexity index is 369. The van der Waals surface area contributed by atoms with Gasteiger partial charge in [-0.3, -0.25) is 4.79 Å². The molecule has 74 valence electrons. The van der Waals surface area contributed by atoms with Crippen molar-refractivity contribution >= 4 is 11.9 Å². The third-order valence-electron chi connectivity index (χ3n) is 1.87. The van der Waals surface area contributed by atoms with Gasteiger partial charge in [-0.2, -0.15) is 0 Å². The summed E-state index contributed by atoms with van der Waals surface area (Å²) in [6, 6.07) is 5.43. The molecule has 0 spiro atoms. The van der Waals surface area contributed by atoms with Crippen LogP contribution in [0.15, 0.2) is 23.8 Å². The van der Waals surface area contributed by atoms with Gasteiger partial charge in [0.2, 0.25) is 5.88 Å². The van der Waals surface area contributed by atoms with Crippen molar-refractivity contribution in [3.63, 3.8) is 0 Å². The minimum atomic E-state index is 0.0506. The average molecular weight is 191 g/mol. The first kappa shape index (κ1) is 10.4. The molecule has 0 saturated carbocycles. The van der Waals surface area contributed by atoms with Crippen molar-refractivity contribution in [2.75, 3.05) is 7.11 Å². The molecule has 1 heterocycles. The van der Waals surface area contributed by atoms with E-state index >= 15 is 0 Å². The van der Waals surface area contributed by atoms with Crippen LogP contribution in [-0.2, 0) is 4.79 Å². The van der Waals surface area contributed by atoms with E-state index in [1.807, 2.05) is 12.1 Å². The second-order valence-electron chi connectivity index (χ2n) is 2.99. The molecule has 0 fully saturated rings. The quantitative estimate of drug-likeness (QED) is 0.687. The number of aromatic nitrogens is 1. The lowest BCUT2D eigenvalue weighted by atomic mass is 10.2. The number of hydrogen-bond acceptors (Lipinski definition) is 3. The number of carbonyl (C=O) groups excluding carboxylic acids is 1. The van der Waals surface area contributed by atoms with Crippen LogP contribution in [0.5, 0.6) is 5.88 Å². The second-order valence-corrected chi connectivity index (χ2v) is 2.99. The van der Waals surface area contributed by atoms with Gasteiger partial charge < -0.3 is 4.74 Å². The predicted molar refractivity (Wildman–Crippen MR) is 55.1 cm³/mol. The molecule has 0 unspecified atom stereocenters. The van der Waals surface area contributed by atoms with Crippen LogP contribution in [0, 0.1) is 0 Å². The van der Waals surface area contributed by atoms with Gasteiger partial charge in [0.25, 0.3) is 0 Å². The highest BCUT2D eigenvalue weighted by Crippen LogP contribution is 2.10. The highest BCUT2D eigenvalue weighted by Gasteiger charge is 1.98. The standard InChI is InChI=1S/C11H13NO2/c1-8(9(2)13)7-10-5-4-6-11(12-10)14-3/h4-7H,1-3H3/b8-7-. The topological polar surface area (TPSA) is 39.2 Å². The molecule has 0 aromatic carbocycles. The largest absolute Gasteiger partial charge is 0.481 e. The van der Waals surface area contributed by atoms with Gasteiger partial charge in [0.15, 0.2) is 5.78 Å². The Morgan fingerprint density at radius 1 is 1.43 bits per heavy atom. The molecule has 14 heavy (non-hydrogen) atoms. The fraction of sp³-hybridized carbons (Fsp3) is 0.273. The van der Waals surface area contributed by atoms with Crippen molar-refractivity contribution in [1.29, 1.82) is 0 Å². The summed E-state index contributed by atoms with van der Waals surface area (Å²) < 4.78 is 4.97. The van der Waals surface area contributed by atoms with E-state index in [0.29, 0.717) is 11.5 Å². The SMILES string of the molecule is COc1cccc(/C=C(/C)C(C)=O)n1. The van der Waals surface area contributed by atoms with Crippen LogP contribution >= 0.6 is 0 Å². The molecule has 0 aliphatic heterocycles. The number of ketones is 1. The molecular weight excluding hydrogens is 178 g/mol. The van der Waals surface area contributed by atoms with Crippen LogP contribution in [-0.4, -0.2) is 17.9 Å². The number of ether oxygens (including phenoxy) is 1. The Labute approximate surface area is 83.4 Å². The highest BCUT2D eigenvalue weighted by molar-refractivity contribution is 5.96. The van der Waals surface area contributed by atoms with Crippen LogP contribution in [0.4, 0.5) is 0 Å². The first-order valence-corrected chi connectivity index (χ1v) is 4.34. The maximum absolute atomic E-state index is 11.0. The number of nitrogens with zero attached hydrogens (tertiary/aromatic N) is 1. The van der Waals surface area contributed by atoms with Crippen molar-refractivity contribution < 1.29 is 9.53 Å². The number of allylic oxidation sites excluding steroid dienone is 1. The molecule has 0 aliphatic rings. The van der Waals surface area contributed by atoms with E-state index in [1.54, 1.807) is 26.2 Å². The van der Waals surface area contributed by atoms with Crippen molar-refractivity contribution in [2.45, 2.75) is 13.8 Å². The second kappa shape index (κ2) is 4.56.